The van der Waals surface area contributed by atoms with Gasteiger partial charge in [-0.3, -0.25) is 14.5 Å². The molecule has 0 N–H and O–H groups in total. The van der Waals surface area contributed by atoms with E-state index in [0.29, 0.717) is 19.7 Å². The van der Waals surface area contributed by atoms with Crippen LogP contribution in [0.2, 0.25) is 0 Å². The summed E-state index contributed by atoms with van der Waals surface area (Å²) in [6.07, 6.45) is 1.45. The molecule has 1 unspecified atom stereocenters. The summed E-state index contributed by atoms with van der Waals surface area (Å²) in [7, 11) is 5.41. The molecule has 1 aliphatic heterocycles. The van der Waals surface area contributed by atoms with E-state index >= 15 is 0 Å². The number of likely N-dealkylation sites (N-methyl/N-ethyl adjacent to an activating group) is 1. The molecule has 1 aromatic rings. The summed E-state index contributed by atoms with van der Waals surface area (Å²) in [5, 5.41) is 0. The van der Waals surface area contributed by atoms with Gasteiger partial charge >= 0.3 is 0 Å². The van der Waals surface area contributed by atoms with Gasteiger partial charge in [0, 0.05) is 58.2 Å². The van der Waals surface area contributed by atoms with Crippen LogP contribution in [-0.4, -0.2) is 66.0 Å². The Kier molecular flexibility index (Phi) is 4.80. The normalized spacial score (nSPS) is 19.5. The summed E-state index contributed by atoms with van der Waals surface area (Å²) >= 11 is 0. The van der Waals surface area contributed by atoms with E-state index in [9.17, 15) is 9.59 Å². The van der Waals surface area contributed by atoms with Crippen molar-refractivity contribution in [2.45, 2.75) is 19.6 Å². The Morgan fingerprint density at radius 2 is 2.14 bits per heavy atom. The Balaban J connectivity index is 2.02. The number of nitrogens with zero attached hydrogens (tertiary/aromatic N) is 3. The molecule has 0 aromatic carbocycles. The Morgan fingerprint density at radius 3 is 2.71 bits per heavy atom. The first kappa shape index (κ1) is 15.7. The number of carbonyl (C=O) groups excluding carboxylic acids is 2. The lowest BCUT2D eigenvalue weighted by atomic mass is 10.2. The largest absolute Gasteiger partial charge is 0.366 e. The van der Waals surface area contributed by atoms with E-state index < -0.39 is 6.10 Å². The van der Waals surface area contributed by atoms with Gasteiger partial charge in [0.2, 0.25) is 0 Å². The average Bonchev–Trinajstić information content (AvgIpc) is 2.80. The van der Waals surface area contributed by atoms with Crippen LogP contribution in [0.25, 0.3) is 0 Å². The van der Waals surface area contributed by atoms with Gasteiger partial charge < -0.3 is 14.2 Å². The summed E-state index contributed by atoms with van der Waals surface area (Å²) in [4.78, 5) is 27.2. The molecular formula is C15H23N3O3. The lowest BCUT2D eigenvalue weighted by molar-refractivity contribution is -0.147. The average molecular weight is 293 g/mol. The van der Waals surface area contributed by atoms with Crippen LogP contribution in [0.3, 0.4) is 0 Å². The van der Waals surface area contributed by atoms with E-state index in [-0.39, 0.29) is 11.7 Å². The minimum absolute atomic E-state index is 0.00370. The highest BCUT2D eigenvalue weighted by Crippen LogP contribution is 2.14. The molecule has 1 aliphatic rings. The van der Waals surface area contributed by atoms with Crippen molar-refractivity contribution < 1.29 is 14.3 Å². The van der Waals surface area contributed by atoms with Crippen LogP contribution in [0.1, 0.15) is 23.0 Å². The van der Waals surface area contributed by atoms with Gasteiger partial charge in [0.1, 0.15) is 6.10 Å². The van der Waals surface area contributed by atoms with E-state index in [1.54, 1.807) is 25.9 Å². The molecule has 6 nitrogen and oxygen atoms in total. The van der Waals surface area contributed by atoms with E-state index in [2.05, 4.69) is 4.90 Å². The minimum atomic E-state index is -0.402. The zero-order valence-corrected chi connectivity index (χ0v) is 13.1. The SMILES string of the molecule is CC(=O)c1cc(CN2CCOC(C(=O)N(C)C)C2)n(C)c1. The third-order valence-corrected chi connectivity index (χ3v) is 3.77. The predicted molar refractivity (Wildman–Crippen MR) is 79.1 cm³/mol. The van der Waals surface area contributed by atoms with Crippen LogP contribution < -0.4 is 0 Å². The number of rotatable bonds is 4. The second kappa shape index (κ2) is 6.41. The fraction of sp³-hybridized carbons (Fsp3) is 0.600. The first-order chi connectivity index (χ1) is 9.88. The molecule has 2 heterocycles. The van der Waals surface area contributed by atoms with Crippen LogP contribution in [0.4, 0.5) is 0 Å². The lowest BCUT2D eigenvalue weighted by Crippen LogP contribution is -2.49. The molecule has 0 bridgehead atoms. The maximum Gasteiger partial charge on any atom is 0.252 e. The van der Waals surface area contributed by atoms with Crippen LogP contribution in [-0.2, 0) is 23.1 Å². The number of hydrogen-bond acceptors (Lipinski definition) is 4. The molecule has 0 radical (unpaired) electrons. The fourth-order valence-electron chi connectivity index (χ4n) is 2.47. The van der Waals surface area contributed by atoms with Gasteiger partial charge in [-0.05, 0) is 13.0 Å². The topological polar surface area (TPSA) is 54.8 Å². The highest BCUT2D eigenvalue weighted by Gasteiger charge is 2.28. The number of ether oxygens (including phenoxy) is 1. The first-order valence-electron chi connectivity index (χ1n) is 7.09. The van der Waals surface area contributed by atoms with Crippen molar-refractivity contribution in [3.63, 3.8) is 0 Å². The molecule has 0 saturated carbocycles. The predicted octanol–water partition coefficient (Wildman–Crippen LogP) is 0.517. The third kappa shape index (κ3) is 3.71. The van der Waals surface area contributed by atoms with E-state index in [1.165, 1.54) is 0 Å². The summed E-state index contributed by atoms with van der Waals surface area (Å²) in [5.41, 5.74) is 1.79. The third-order valence-electron chi connectivity index (χ3n) is 3.77. The summed E-state index contributed by atoms with van der Waals surface area (Å²) in [6.45, 7) is 4.20. The van der Waals surface area contributed by atoms with Gasteiger partial charge in [-0.15, -0.1) is 0 Å². The van der Waals surface area contributed by atoms with E-state index in [4.69, 9.17) is 4.74 Å². The zero-order valence-electron chi connectivity index (χ0n) is 13.1. The molecular weight excluding hydrogens is 270 g/mol. The van der Waals surface area contributed by atoms with E-state index in [1.807, 2.05) is 23.9 Å². The molecule has 1 amide bonds. The van der Waals surface area contributed by atoms with Crippen molar-refractivity contribution in [1.29, 1.82) is 0 Å². The number of aromatic nitrogens is 1. The number of aryl methyl sites for hydroxylation is 1. The molecule has 1 atom stereocenters. The molecule has 116 valence electrons. The van der Waals surface area contributed by atoms with Crippen molar-refractivity contribution in [3.8, 4) is 0 Å². The van der Waals surface area contributed by atoms with Crippen molar-refractivity contribution in [2.75, 3.05) is 33.8 Å². The molecule has 0 spiro atoms. The highest BCUT2D eigenvalue weighted by molar-refractivity contribution is 5.94. The van der Waals surface area contributed by atoms with Crippen LogP contribution in [0.5, 0.6) is 0 Å². The standard InChI is InChI=1S/C15H23N3O3/c1-11(19)12-7-13(17(4)8-12)9-18-5-6-21-14(10-18)15(20)16(2)3/h7-8,14H,5-6,9-10H2,1-4H3. The quantitative estimate of drug-likeness (QED) is 0.759. The molecule has 21 heavy (non-hydrogen) atoms. The van der Waals surface area contributed by atoms with Crippen molar-refractivity contribution >= 4 is 11.7 Å². The Bertz CT molecular complexity index is 536. The van der Waals surface area contributed by atoms with Gasteiger partial charge in [0.15, 0.2) is 5.78 Å². The van der Waals surface area contributed by atoms with Crippen molar-refractivity contribution in [3.05, 3.63) is 23.5 Å². The van der Waals surface area contributed by atoms with Crippen molar-refractivity contribution in [2.24, 2.45) is 7.05 Å². The number of hydrogen-bond donors (Lipinski definition) is 0. The smallest absolute Gasteiger partial charge is 0.252 e. The monoisotopic (exact) mass is 293 g/mol. The van der Waals surface area contributed by atoms with Crippen LogP contribution >= 0.6 is 0 Å². The number of amides is 1. The van der Waals surface area contributed by atoms with E-state index in [0.717, 1.165) is 17.8 Å². The second-order valence-corrected chi connectivity index (χ2v) is 5.71. The Hall–Kier alpha value is -1.66. The number of ketones is 1. The van der Waals surface area contributed by atoms with Gasteiger partial charge in [0.05, 0.1) is 6.61 Å². The maximum atomic E-state index is 12.0. The second-order valence-electron chi connectivity index (χ2n) is 5.71. The maximum absolute atomic E-state index is 12.0. The number of Topliss-reactive ketones (excluding diaryl/α,β-unsaturated/α-hetero) is 1. The lowest BCUT2D eigenvalue weighted by Gasteiger charge is -2.33. The van der Waals surface area contributed by atoms with Gasteiger partial charge in [-0.25, -0.2) is 0 Å². The van der Waals surface area contributed by atoms with Gasteiger partial charge in [0.25, 0.3) is 5.91 Å². The molecule has 1 aromatic heterocycles. The summed E-state index contributed by atoms with van der Waals surface area (Å²) < 4.78 is 7.52. The van der Waals surface area contributed by atoms with Crippen LogP contribution in [0.15, 0.2) is 12.3 Å². The Morgan fingerprint density at radius 1 is 1.43 bits per heavy atom. The first-order valence-corrected chi connectivity index (χ1v) is 7.09. The number of morpholine rings is 1. The molecule has 1 saturated heterocycles. The number of carbonyl (C=O) groups is 2. The molecule has 2 rings (SSSR count). The van der Waals surface area contributed by atoms with Crippen molar-refractivity contribution in [1.82, 2.24) is 14.4 Å². The molecule has 1 fully saturated rings. The Labute approximate surface area is 125 Å². The van der Waals surface area contributed by atoms with Gasteiger partial charge in [-0.2, -0.15) is 0 Å². The summed E-state index contributed by atoms with van der Waals surface area (Å²) in [5.74, 6) is 0.0653. The zero-order chi connectivity index (χ0) is 15.6. The summed E-state index contributed by atoms with van der Waals surface area (Å²) in [6, 6.07) is 1.92. The van der Waals surface area contributed by atoms with Crippen LogP contribution in [0, 0.1) is 0 Å². The molecule has 6 heteroatoms. The fourth-order valence-corrected chi connectivity index (χ4v) is 2.47. The van der Waals surface area contributed by atoms with Gasteiger partial charge in [-0.1, -0.05) is 0 Å². The minimum Gasteiger partial charge on any atom is -0.366 e. The highest BCUT2D eigenvalue weighted by atomic mass is 16.5. The molecule has 0 aliphatic carbocycles.